The van der Waals surface area contributed by atoms with Crippen LogP contribution in [-0.2, 0) is 19.6 Å². The molecule has 0 N–H and O–H groups in total. The van der Waals surface area contributed by atoms with E-state index in [4.69, 9.17) is 4.74 Å². The van der Waals surface area contributed by atoms with Crippen LogP contribution < -0.4 is 0 Å². The highest BCUT2D eigenvalue weighted by molar-refractivity contribution is 7.90. The van der Waals surface area contributed by atoms with Crippen LogP contribution in [0.2, 0.25) is 0 Å². The molecule has 1 amide bonds. The zero-order valence-electron chi connectivity index (χ0n) is 13.1. The third-order valence-corrected chi connectivity index (χ3v) is 6.75. The van der Waals surface area contributed by atoms with Gasteiger partial charge in [-0.2, -0.15) is 0 Å². The first-order valence-corrected chi connectivity index (χ1v) is 9.12. The van der Waals surface area contributed by atoms with Crippen LogP contribution in [0.5, 0.6) is 0 Å². The van der Waals surface area contributed by atoms with E-state index in [0.29, 0.717) is 38.5 Å². The molecule has 0 bridgehead atoms. The van der Waals surface area contributed by atoms with Gasteiger partial charge in [-0.05, 0) is 24.7 Å². The van der Waals surface area contributed by atoms with E-state index < -0.39 is 10.0 Å². The summed E-state index contributed by atoms with van der Waals surface area (Å²) in [6.45, 7) is 6.50. The Balaban J connectivity index is 2.05. The lowest BCUT2D eigenvalue weighted by molar-refractivity contribution is -0.135. The third-order valence-electron chi connectivity index (χ3n) is 4.35. The van der Waals surface area contributed by atoms with E-state index in [0.717, 1.165) is 6.42 Å². The minimum absolute atomic E-state index is 0.0473. The maximum atomic E-state index is 12.6. The van der Waals surface area contributed by atoms with Gasteiger partial charge in [0.05, 0.1) is 5.25 Å². The van der Waals surface area contributed by atoms with Gasteiger partial charge in [0.15, 0.2) is 0 Å². The van der Waals surface area contributed by atoms with Crippen molar-refractivity contribution in [2.24, 2.45) is 11.8 Å². The summed E-state index contributed by atoms with van der Waals surface area (Å²) in [5.41, 5.74) is 0. The van der Waals surface area contributed by atoms with E-state index in [9.17, 15) is 13.2 Å². The summed E-state index contributed by atoms with van der Waals surface area (Å²) in [5.74, 6) is 0.435. The van der Waals surface area contributed by atoms with Gasteiger partial charge in [-0.25, -0.2) is 12.7 Å². The molecule has 21 heavy (non-hydrogen) atoms. The second-order valence-electron chi connectivity index (χ2n) is 6.45. The first kappa shape index (κ1) is 16.7. The quantitative estimate of drug-likeness (QED) is 0.759. The van der Waals surface area contributed by atoms with Gasteiger partial charge < -0.3 is 9.64 Å². The van der Waals surface area contributed by atoms with Crippen LogP contribution in [0.4, 0.5) is 0 Å². The van der Waals surface area contributed by atoms with Crippen molar-refractivity contribution < 1.29 is 17.9 Å². The molecule has 2 fully saturated rings. The van der Waals surface area contributed by atoms with E-state index in [1.54, 1.807) is 9.21 Å². The number of fused-ring (bicyclic) bond motifs is 1. The number of hydrogen-bond donors (Lipinski definition) is 0. The van der Waals surface area contributed by atoms with Crippen LogP contribution in [0.25, 0.3) is 0 Å². The summed E-state index contributed by atoms with van der Waals surface area (Å²) in [5, 5.41) is -0.323. The minimum atomic E-state index is -3.20. The molecule has 0 saturated carbocycles. The summed E-state index contributed by atoms with van der Waals surface area (Å²) in [6, 6.07) is 0. The van der Waals surface area contributed by atoms with Crippen LogP contribution in [0, 0.1) is 11.8 Å². The Kier molecular flexibility index (Phi) is 5.27. The monoisotopic (exact) mass is 318 g/mol. The zero-order chi connectivity index (χ0) is 15.6. The van der Waals surface area contributed by atoms with E-state index in [-0.39, 0.29) is 23.7 Å². The lowest BCUT2D eigenvalue weighted by atomic mass is 10.0. The zero-order valence-corrected chi connectivity index (χ0v) is 13.9. The topological polar surface area (TPSA) is 66.9 Å². The summed E-state index contributed by atoms with van der Waals surface area (Å²) >= 11 is 0. The van der Waals surface area contributed by atoms with Gasteiger partial charge in [-0.1, -0.05) is 13.8 Å². The molecule has 2 aliphatic heterocycles. The number of likely N-dealkylation sites (tertiary alicyclic amines) is 1. The molecule has 0 radical (unpaired) electrons. The van der Waals surface area contributed by atoms with Crippen LogP contribution in [0.1, 0.15) is 26.7 Å². The lowest BCUT2D eigenvalue weighted by Crippen LogP contribution is -2.37. The molecular weight excluding hydrogens is 292 g/mol. The number of methoxy groups -OCH3 is 1. The molecule has 6 nitrogen and oxygen atoms in total. The first-order chi connectivity index (χ1) is 9.86. The molecule has 0 aromatic rings. The summed E-state index contributed by atoms with van der Waals surface area (Å²) in [7, 11) is -1.70. The molecule has 7 heteroatoms. The Morgan fingerprint density at radius 2 is 1.95 bits per heavy atom. The van der Waals surface area contributed by atoms with Crippen molar-refractivity contribution >= 4 is 15.9 Å². The Labute approximate surface area is 127 Å². The highest BCUT2D eigenvalue weighted by atomic mass is 32.2. The number of carbonyl (C=O) groups is 1. The number of rotatable bonds is 4. The van der Waals surface area contributed by atoms with Crippen LogP contribution in [0.15, 0.2) is 0 Å². The van der Waals surface area contributed by atoms with Crippen molar-refractivity contribution in [1.82, 2.24) is 9.21 Å². The van der Waals surface area contributed by atoms with Gasteiger partial charge in [-0.15, -0.1) is 0 Å². The molecule has 2 atom stereocenters. The smallest absolute Gasteiger partial charge is 0.248 e. The maximum absolute atomic E-state index is 12.6. The van der Waals surface area contributed by atoms with Crippen molar-refractivity contribution in [3.63, 3.8) is 0 Å². The number of carbonyl (C=O) groups excluding carboxylic acids is 1. The third kappa shape index (κ3) is 3.57. The number of ether oxygens (including phenoxy) is 1. The number of sulfonamides is 1. The van der Waals surface area contributed by atoms with Gasteiger partial charge >= 0.3 is 0 Å². The van der Waals surface area contributed by atoms with E-state index in [1.807, 2.05) is 13.8 Å². The van der Waals surface area contributed by atoms with Crippen LogP contribution in [0.3, 0.4) is 0 Å². The van der Waals surface area contributed by atoms with Gasteiger partial charge in [0.2, 0.25) is 15.9 Å². The van der Waals surface area contributed by atoms with Crippen molar-refractivity contribution in [3.05, 3.63) is 0 Å². The molecule has 0 aromatic carbocycles. The van der Waals surface area contributed by atoms with Gasteiger partial charge in [-0.3, -0.25) is 4.79 Å². The van der Waals surface area contributed by atoms with E-state index in [2.05, 4.69) is 0 Å². The second-order valence-corrected chi connectivity index (χ2v) is 8.60. The SMILES string of the molecule is COCC(=O)N1CC[C@@H]2CN(CC(C)C)S(=O)(=O)[C@@H]2CC1. The molecule has 0 unspecified atom stereocenters. The second kappa shape index (κ2) is 6.62. The molecule has 0 spiro atoms. The fourth-order valence-electron chi connectivity index (χ4n) is 3.35. The minimum Gasteiger partial charge on any atom is -0.375 e. The maximum Gasteiger partial charge on any atom is 0.248 e. The number of amides is 1. The van der Waals surface area contributed by atoms with E-state index in [1.165, 1.54) is 7.11 Å². The molecular formula is C14H26N2O4S. The molecule has 2 aliphatic rings. The Bertz CT molecular complexity index is 477. The fraction of sp³-hybridized carbons (Fsp3) is 0.929. The van der Waals surface area contributed by atoms with Crippen LogP contribution >= 0.6 is 0 Å². The number of nitrogens with zero attached hydrogens (tertiary/aromatic N) is 2. The summed E-state index contributed by atoms with van der Waals surface area (Å²) in [6.07, 6.45) is 1.30. The average molecular weight is 318 g/mol. The lowest BCUT2D eigenvalue weighted by Gasteiger charge is -2.22. The van der Waals surface area contributed by atoms with Crippen LogP contribution in [-0.4, -0.2) is 68.7 Å². The van der Waals surface area contributed by atoms with Gasteiger partial charge in [0.1, 0.15) is 6.61 Å². The Hall–Kier alpha value is -0.660. The largest absolute Gasteiger partial charge is 0.375 e. The molecule has 2 saturated heterocycles. The Morgan fingerprint density at radius 3 is 2.57 bits per heavy atom. The van der Waals surface area contributed by atoms with Gasteiger partial charge in [0, 0.05) is 33.3 Å². The summed E-state index contributed by atoms with van der Waals surface area (Å²) < 4.78 is 31.8. The molecule has 2 rings (SSSR count). The number of hydrogen-bond acceptors (Lipinski definition) is 4. The average Bonchev–Trinajstić information content (AvgIpc) is 2.55. The Morgan fingerprint density at radius 1 is 1.29 bits per heavy atom. The fourth-order valence-corrected chi connectivity index (χ4v) is 5.75. The normalized spacial score (nSPS) is 29.4. The molecule has 0 aliphatic carbocycles. The van der Waals surface area contributed by atoms with Crippen molar-refractivity contribution in [1.29, 1.82) is 0 Å². The predicted molar refractivity (Wildman–Crippen MR) is 80.3 cm³/mol. The van der Waals surface area contributed by atoms with Crippen molar-refractivity contribution in [3.8, 4) is 0 Å². The van der Waals surface area contributed by atoms with E-state index >= 15 is 0 Å². The van der Waals surface area contributed by atoms with Gasteiger partial charge in [0.25, 0.3) is 0 Å². The molecule has 122 valence electrons. The summed E-state index contributed by atoms with van der Waals surface area (Å²) in [4.78, 5) is 13.6. The predicted octanol–water partition coefficient (Wildman–Crippen LogP) is 0.541. The highest BCUT2D eigenvalue weighted by Crippen LogP contribution is 2.34. The standard InChI is InChI=1S/C14H26N2O4S/c1-11(2)8-16-9-12-4-6-15(14(17)10-20-3)7-5-13(12)21(16,18)19/h11-13H,4-10H2,1-3H3/t12-,13-/m1/s1. The molecule has 0 aromatic heterocycles. The molecule has 2 heterocycles. The van der Waals surface area contributed by atoms with Crippen molar-refractivity contribution in [2.75, 3.05) is 39.9 Å². The van der Waals surface area contributed by atoms with Crippen molar-refractivity contribution in [2.45, 2.75) is 31.9 Å². The highest BCUT2D eigenvalue weighted by Gasteiger charge is 2.47. The first-order valence-electron chi connectivity index (χ1n) is 7.62.